The first kappa shape index (κ1) is 15.6. The van der Waals surface area contributed by atoms with Gasteiger partial charge < -0.3 is 15.4 Å². The molecular formula is C14H15FN4O3. The molecule has 1 aromatic carbocycles. The number of nitrogens with one attached hydrogen (secondary N) is 1. The van der Waals surface area contributed by atoms with E-state index in [-0.39, 0.29) is 11.5 Å². The molecule has 0 aliphatic carbocycles. The first-order valence-electron chi connectivity index (χ1n) is 6.57. The summed E-state index contributed by atoms with van der Waals surface area (Å²) in [6, 6.07) is 4.83. The highest BCUT2D eigenvalue weighted by atomic mass is 19.1. The van der Waals surface area contributed by atoms with Crippen LogP contribution in [0.25, 0.3) is 0 Å². The number of aryl methyl sites for hydroxylation is 2. The summed E-state index contributed by atoms with van der Waals surface area (Å²) in [6.07, 6.45) is 0. The van der Waals surface area contributed by atoms with Gasteiger partial charge in [-0.2, -0.15) is 4.68 Å². The van der Waals surface area contributed by atoms with Crippen LogP contribution in [0.15, 0.2) is 24.3 Å². The molecule has 1 N–H and O–H groups in total. The number of anilines is 1. The van der Waals surface area contributed by atoms with Gasteiger partial charge in [0.15, 0.2) is 0 Å². The minimum atomic E-state index is -0.811. The number of halogens is 1. The Hall–Kier alpha value is -2.77. The predicted molar refractivity (Wildman–Crippen MR) is 78.1 cm³/mol. The van der Waals surface area contributed by atoms with Crippen LogP contribution >= 0.6 is 0 Å². The summed E-state index contributed by atoms with van der Waals surface area (Å²) in [5, 5.41) is 17.0. The third-order valence-electron chi connectivity index (χ3n) is 3.22. The van der Waals surface area contributed by atoms with Crippen LogP contribution in [0, 0.1) is 29.8 Å². The lowest BCUT2D eigenvalue weighted by Crippen LogP contribution is -2.25. The predicted octanol–water partition coefficient (Wildman–Crippen LogP) is 2.75. The molecule has 0 fully saturated rings. The van der Waals surface area contributed by atoms with Crippen molar-refractivity contribution in [2.45, 2.75) is 26.8 Å². The summed E-state index contributed by atoms with van der Waals surface area (Å²) in [6.45, 7) is 4.92. The van der Waals surface area contributed by atoms with Gasteiger partial charge in [-0.1, -0.05) is 6.07 Å². The molecule has 2 aromatic rings. The molecule has 8 heteroatoms. The Morgan fingerprint density at radius 3 is 2.68 bits per heavy atom. The molecule has 1 aromatic heterocycles. The van der Waals surface area contributed by atoms with E-state index in [0.29, 0.717) is 5.69 Å². The third-order valence-corrected chi connectivity index (χ3v) is 3.22. The van der Waals surface area contributed by atoms with Gasteiger partial charge in [-0.15, -0.1) is 0 Å². The number of hydrogen-bond acceptors (Lipinski definition) is 4. The Morgan fingerprint density at radius 1 is 1.41 bits per heavy atom. The van der Waals surface area contributed by atoms with Crippen LogP contribution in [0.1, 0.15) is 24.2 Å². The highest BCUT2D eigenvalue weighted by Gasteiger charge is 2.25. The number of carbonyl (C=O) groups is 1. The van der Waals surface area contributed by atoms with Gasteiger partial charge in [0.05, 0.1) is 22.5 Å². The van der Waals surface area contributed by atoms with E-state index in [1.165, 1.54) is 29.8 Å². The van der Waals surface area contributed by atoms with Crippen LogP contribution in [0.3, 0.4) is 0 Å². The van der Waals surface area contributed by atoms with Crippen molar-refractivity contribution < 1.29 is 14.1 Å². The van der Waals surface area contributed by atoms with Crippen LogP contribution in [-0.2, 0) is 4.79 Å². The van der Waals surface area contributed by atoms with Crippen molar-refractivity contribution in [1.82, 2.24) is 9.78 Å². The van der Waals surface area contributed by atoms with Crippen molar-refractivity contribution in [1.29, 1.82) is 0 Å². The van der Waals surface area contributed by atoms with Gasteiger partial charge in [0, 0.05) is 0 Å². The second-order valence-corrected chi connectivity index (χ2v) is 4.99. The Bertz CT molecular complexity index is 742. The van der Waals surface area contributed by atoms with E-state index in [1.807, 2.05) is 0 Å². The summed E-state index contributed by atoms with van der Waals surface area (Å²) in [5.74, 6) is -1.39. The molecule has 7 nitrogen and oxygen atoms in total. The van der Waals surface area contributed by atoms with Crippen molar-refractivity contribution in [3.63, 3.8) is 0 Å². The molecule has 0 saturated carbocycles. The van der Waals surface area contributed by atoms with Crippen molar-refractivity contribution in [2.75, 3.05) is 5.32 Å². The first-order chi connectivity index (χ1) is 10.3. The molecule has 0 aliphatic rings. The zero-order valence-electron chi connectivity index (χ0n) is 12.3. The van der Waals surface area contributed by atoms with E-state index in [1.54, 1.807) is 19.9 Å². The van der Waals surface area contributed by atoms with E-state index in [9.17, 15) is 19.3 Å². The minimum absolute atomic E-state index is 0.0659. The van der Waals surface area contributed by atoms with Crippen molar-refractivity contribution in [3.05, 3.63) is 51.5 Å². The average Bonchev–Trinajstić information content (AvgIpc) is 2.84. The Labute approximate surface area is 125 Å². The molecule has 22 heavy (non-hydrogen) atoms. The van der Waals surface area contributed by atoms with Gasteiger partial charge in [0.1, 0.15) is 11.9 Å². The Kier molecular flexibility index (Phi) is 4.20. The van der Waals surface area contributed by atoms with Crippen LogP contribution in [0.2, 0.25) is 0 Å². The highest BCUT2D eigenvalue weighted by Crippen LogP contribution is 2.20. The van der Waals surface area contributed by atoms with Gasteiger partial charge in [0.25, 0.3) is 5.91 Å². The summed E-state index contributed by atoms with van der Waals surface area (Å²) in [4.78, 5) is 22.3. The minimum Gasteiger partial charge on any atom is -0.358 e. The number of rotatable bonds is 4. The smallest absolute Gasteiger partial charge is 0.358 e. The van der Waals surface area contributed by atoms with Crippen LogP contribution < -0.4 is 5.32 Å². The van der Waals surface area contributed by atoms with Gasteiger partial charge in [-0.05, 0) is 43.4 Å². The van der Waals surface area contributed by atoms with Crippen molar-refractivity contribution in [3.8, 4) is 0 Å². The fourth-order valence-electron chi connectivity index (χ4n) is 2.04. The molecular weight excluding hydrogens is 291 g/mol. The molecule has 1 heterocycles. The van der Waals surface area contributed by atoms with Crippen molar-refractivity contribution >= 4 is 17.4 Å². The normalized spacial score (nSPS) is 12.0. The molecule has 0 saturated heterocycles. The molecule has 1 amide bonds. The topological polar surface area (TPSA) is 90.1 Å². The highest BCUT2D eigenvalue weighted by molar-refractivity contribution is 5.93. The lowest BCUT2D eigenvalue weighted by molar-refractivity contribution is -0.389. The third kappa shape index (κ3) is 3.11. The summed E-state index contributed by atoms with van der Waals surface area (Å²) < 4.78 is 14.9. The number of hydrogen-bond donors (Lipinski definition) is 1. The van der Waals surface area contributed by atoms with E-state index in [4.69, 9.17) is 0 Å². The largest absolute Gasteiger partial charge is 0.390 e. The average molecular weight is 306 g/mol. The maximum Gasteiger partial charge on any atom is 0.390 e. The molecule has 0 radical (unpaired) electrons. The molecule has 0 spiro atoms. The van der Waals surface area contributed by atoms with Crippen molar-refractivity contribution in [2.24, 2.45) is 0 Å². The zero-order chi connectivity index (χ0) is 16.4. The molecule has 0 bridgehead atoms. The maximum atomic E-state index is 13.7. The maximum absolute atomic E-state index is 13.7. The fourth-order valence-corrected chi connectivity index (χ4v) is 2.04. The molecule has 1 atom stereocenters. The standard InChI is InChI=1S/C14H15FN4O3/c1-8-4-5-11(15)12(6-8)16-14(20)10(3)18-9(2)7-13(17-18)19(21)22/h4-7,10H,1-3H3,(H,16,20). The molecule has 116 valence electrons. The number of amides is 1. The van der Waals surface area contributed by atoms with E-state index >= 15 is 0 Å². The number of aromatic nitrogens is 2. The van der Waals surface area contributed by atoms with Crippen LogP contribution in [-0.4, -0.2) is 20.6 Å². The zero-order valence-corrected chi connectivity index (χ0v) is 12.3. The van der Waals surface area contributed by atoms with Gasteiger partial charge in [-0.3, -0.25) is 4.79 Å². The van der Waals surface area contributed by atoms with E-state index < -0.39 is 22.7 Å². The first-order valence-corrected chi connectivity index (χ1v) is 6.57. The Morgan fingerprint density at radius 2 is 2.09 bits per heavy atom. The number of nitro groups is 1. The molecule has 2 rings (SSSR count). The second-order valence-electron chi connectivity index (χ2n) is 4.99. The quantitative estimate of drug-likeness (QED) is 0.694. The lowest BCUT2D eigenvalue weighted by atomic mass is 10.2. The monoisotopic (exact) mass is 306 g/mol. The number of benzene rings is 1. The summed E-state index contributed by atoms with van der Waals surface area (Å²) in [5.41, 5.74) is 1.34. The van der Waals surface area contributed by atoms with Crippen LogP contribution in [0.4, 0.5) is 15.9 Å². The fraction of sp³-hybridized carbons (Fsp3) is 0.286. The second kappa shape index (κ2) is 5.92. The SMILES string of the molecule is Cc1ccc(F)c(NC(=O)C(C)n2nc([N+](=O)[O-])cc2C)c1. The van der Waals surface area contributed by atoms with E-state index in [0.717, 1.165) is 5.56 Å². The Balaban J connectivity index is 2.22. The van der Waals surface area contributed by atoms with E-state index in [2.05, 4.69) is 10.4 Å². The number of nitrogens with zero attached hydrogens (tertiary/aromatic N) is 3. The number of carbonyl (C=O) groups excluding carboxylic acids is 1. The van der Waals surface area contributed by atoms with Gasteiger partial charge >= 0.3 is 5.82 Å². The molecule has 1 unspecified atom stereocenters. The van der Waals surface area contributed by atoms with Crippen LogP contribution in [0.5, 0.6) is 0 Å². The van der Waals surface area contributed by atoms with Gasteiger partial charge in [0.2, 0.25) is 0 Å². The summed E-state index contributed by atoms with van der Waals surface area (Å²) >= 11 is 0. The summed E-state index contributed by atoms with van der Waals surface area (Å²) in [7, 11) is 0. The lowest BCUT2D eigenvalue weighted by Gasteiger charge is -2.12. The molecule has 0 aliphatic heterocycles. The van der Waals surface area contributed by atoms with Gasteiger partial charge in [-0.25, -0.2) is 4.39 Å².